The molecule has 0 unspecified atom stereocenters. The molecular formula is C39H29N4OPt-. The molecule has 8 aromatic rings. The van der Waals surface area contributed by atoms with E-state index in [9.17, 15) is 0 Å². The molecule has 5 aromatic carbocycles. The predicted octanol–water partition coefficient (Wildman–Crippen LogP) is 9.71. The van der Waals surface area contributed by atoms with Crippen molar-refractivity contribution in [1.82, 2.24) is 18.7 Å². The van der Waals surface area contributed by atoms with Crippen molar-refractivity contribution < 1.29 is 25.8 Å². The summed E-state index contributed by atoms with van der Waals surface area (Å²) in [5.41, 5.74) is 7.43. The van der Waals surface area contributed by atoms with E-state index in [2.05, 4.69) is 137 Å². The number of ether oxygens (including phenoxy) is 1. The van der Waals surface area contributed by atoms with Crippen LogP contribution in [-0.4, -0.2) is 18.7 Å². The second-order valence-electron chi connectivity index (χ2n) is 11.2. The number of rotatable bonds is 6. The Balaban J connectivity index is 0.00000325. The predicted molar refractivity (Wildman–Crippen MR) is 177 cm³/mol. The zero-order valence-corrected chi connectivity index (χ0v) is 27.1. The van der Waals surface area contributed by atoms with Crippen LogP contribution < -0.4 is 4.74 Å². The fraction of sp³-hybridized carbons (Fsp3) is 0.0769. The molecule has 0 amide bonds. The van der Waals surface area contributed by atoms with Gasteiger partial charge >= 0.3 is 0 Å². The van der Waals surface area contributed by atoms with E-state index >= 15 is 0 Å². The van der Waals surface area contributed by atoms with Crippen LogP contribution in [0.1, 0.15) is 25.3 Å². The zero-order valence-electron chi connectivity index (χ0n) is 24.8. The van der Waals surface area contributed by atoms with Gasteiger partial charge in [0.25, 0.3) is 0 Å². The molecule has 0 fully saturated rings. The first-order valence-electron chi connectivity index (χ1n) is 14.8. The molecule has 0 atom stereocenters. The van der Waals surface area contributed by atoms with Gasteiger partial charge in [-0.2, -0.15) is 16.7 Å². The summed E-state index contributed by atoms with van der Waals surface area (Å²) >= 11 is 0. The van der Waals surface area contributed by atoms with Gasteiger partial charge in [0.15, 0.2) is 17.4 Å². The van der Waals surface area contributed by atoms with Crippen molar-refractivity contribution in [3.63, 3.8) is 0 Å². The Morgan fingerprint density at radius 1 is 0.667 bits per heavy atom. The van der Waals surface area contributed by atoms with Crippen molar-refractivity contribution in [3.8, 4) is 28.7 Å². The normalized spacial score (nSPS) is 11.4. The smallest absolute Gasteiger partial charge is 0.168 e. The summed E-state index contributed by atoms with van der Waals surface area (Å²) in [6, 6.07) is 48.5. The van der Waals surface area contributed by atoms with Crippen LogP contribution in [0.15, 0.2) is 134 Å². The molecule has 0 radical (unpaired) electrons. The third kappa shape index (κ3) is 5.13. The first kappa shape index (κ1) is 28.8. The van der Waals surface area contributed by atoms with Crippen LogP contribution in [0.25, 0.3) is 50.0 Å². The van der Waals surface area contributed by atoms with Crippen molar-refractivity contribution in [2.75, 3.05) is 0 Å². The Morgan fingerprint density at radius 2 is 1.38 bits per heavy atom. The van der Waals surface area contributed by atoms with E-state index < -0.39 is 0 Å². The van der Waals surface area contributed by atoms with Crippen LogP contribution in [0.2, 0.25) is 0 Å². The topological polar surface area (TPSA) is 36.9 Å². The monoisotopic (exact) mass is 764 g/mol. The average Bonchev–Trinajstić information content (AvgIpc) is 3.61. The summed E-state index contributed by atoms with van der Waals surface area (Å²) in [5, 5.41) is 2.26. The number of nitrogens with zero attached hydrogens (tertiary/aromatic N) is 4. The van der Waals surface area contributed by atoms with E-state index in [1.54, 1.807) is 0 Å². The van der Waals surface area contributed by atoms with E-state index in [4.69, 9.17) is 9.72 Å². The van der Waals surface area contributed by atoms with Crippen LogP contribution in [0, 0.1) is 12.1 Å². The summed E-state index contributed by atoms with van der Waals surface area (Å²) in [5.74, 6) is 2.50. The summed E-state index contributed by atoms with van der Waals surface area (Å²) in [4.78, 5) is 4.76. The number of imidazole rings is 1. The molecule has 0 saturated carbocycles. The summed E-state index contributed by atoms with van der Waals surface area (Å²) in [6.45, 7) is 4.40. The number of pyridine rings is 1. The summed E-state index contributed by atoms with van der Waals surface area (Å²) in [6.07, 6.45) is 3.99. The van der Waals surface area contributed by atoms with Gasteiger partial charge in [0.2, 0.25) is 0 Å². The maximum atomic E-state index is 6.44. The Morgan fingerprint density at radius 3 is 2.18 bits per heavy atom. The molecule has 8 rings (SSSR count). The molecule has 0 N–H and O–H groups in total. The molecule has 3 heterocycles. The van der Waals surface area contributed by atoms with E-state index in [0.717, 1.165) is 50.0 Å². The quantitative estimate of drug-likeness (QED) is 0.158. The van der Waals surface area contributed by atoms with Crippen molar-refractivity contribution in [3.05, 3.63) is 152 Å². The second kappa shape index (κ2) is 11.8. The summed E-state index contributed by atoms with van der Waals surface area (Å²) in [7, 11) is 0. The Labute approximate surface area is 276 Å². The number of fused-ring (bicyclic) bond motifs is 4. The first-order chi connectivity index (χ1) is 21.6. The van der Waals surface area contributed by atoms with Crippen LogP contribution in [0.4, 0.5) is 0 Å². The standard InChI is InChI=1S/C39H29N4O.Pt/c1-27(2)28-21-22-40-39(23-28)43-35-16-7-6-15-33(35)34-20-19-32(25-38(34)43)44-31-14-10-13-30(24-31)42-26-41(29-11-4-3-5-12-29)36-17-8-9-18-37(36)42;/h3-23,26-27H,1-2H3;/q-1;. The van der Waals surface area contributed by atoms with Crippen molar-refractivity contribution in [1.29, 1.82) is 0 Å². The number of hydrogen-bond donors (Lipinski definition) is 0. The van der Waals surface area contributed by atoms with E-state index in [1.165, 1.54) is 5.56 Å². The largest absolute Gasteiger partial charge is 0.508 e. The molecule has 0 aliphatic carbocycles. The SMILES string of the molecule is CC(C)c1ccnc(-n2c3[c-]c(Oc4[c-]c(-n5[cH+]n(-c6ccccc6)c6ccccc65)ccc4)ccc3c3ccccc32)c1.[Pt]. The molecule has 3 aromatic heterocycles. The number of benzene rings is 5. The zero-order chi connectivity index (χ0) is 29.6. The molecule has 0 saturated heterocycles. The molecular weight excluding hydrogens is 736 g/mol. The Kier molecular flexibility index (Phi) is 7.56. The van der Waals surface area contributed by atoms with Crippen molar-refractivity contribution >= 4 is 32.8 Å². The van der Waals surface area contributed by atoms with Crippen LogP contribution >= 0.6 is 0 Å². The third-order valence-corrected chi connectivity index (χ3v) is 8.12. The maximum Gasteiger partial charge on any atom is 0.168 e. The molecule has 0 aliphatic rings. The van der Waals surface area contributed by atoms with Gasteiger partial charge in [0, 0.05) is 62.1 Å². The van der Waals surface area contributed by atoms with Gasteiger partial charge in [0.05, 0.1) is 0 Å². The minimum absolute atomic E-state index is 0. The number of aromatic nitrogens is 4. The average molecular weight is 765 g/mol. The van der Waals surface area contributed by atoms with Crippen molar-refractivity contribution in [2.24, 2.45) is 0 Å². The van der Waals surface area contributed by atoms with Gasteiger partial charge in [-0.3, -0.25) is 0 Å². The third-order valence-electron chi connectivity index (χ3n) is 8.12. The van der Waals surface area contributed by atoms with Gasteiger partial charge in [-0.05, 0) is 47.2 Å². The van der Waals surface area contributed by atoms with Crippen LogP contribution in [0.3, 0.4) is 0 Å². The van der Waals surface area contributed by atoms with Gasteiger partial charge < -0.3 is 9.30 Å². The maximum absolute atomic E-state index is 6.44. The Hall–Kier alpha value is -4.99. The Bertz CT molecular complexity index is 2300. The molecule has 222 valence electrons. The van der Waals surface area contributed by atoms with Crippen LogP contribution in [0.5, 0.6) is 11.5 Å². The molecule has 0 spiro atoms. The minimum Gasteiger partial charge on any atom is -0.508 e. The van der Waals surface area contributed by atoms with E-state index in [0.29, 0.717) is 17.4 Å². The molecule has 45 heavy (non-hydrogen) atoms. The molecule has 0 aliphatic heterocycles. The van der Waals surface area contributed by atoms with Gasteiger partial charge in [-0.15, -0.1) is 29.7 Å². The number of hydrogen-bond acceptors (Lipinski definition) is 2. The van der Waals surface area contributed by atoms with Crippen LogP contribution in [-0.2, 0) is 21.1 Å². The number of para-hydroxylation sites is 4. The van der Waals surface area contributed by atoms with Gasteiger partial charge in [0.1, 0.15) is 11.5 Å². The summed E-state index contributed by atoms with van der Waals surface area (Å²) < 4.78 is 13.0. The van der Waals surface area contributed by atoms with Gasteiger partial charge in [-0.1, -0.05) is 74.0 Å². The minimum atomic E-state index is 0. The van der Waals surface area contributed by atoms with Crippen molar-refractivity contribution in [2.45, 2.75) is 19.8 Å². The van der Waals surface area contributed by atoms with Gasteiger partial charge in [-0.25, -0.2) is 9.55 Å². The van der Waals surface area contributed by atoms with E-state index in [-0.39, 0.29) is 21.1 Å². The second-order valence-corrected chi connectivity index (χ2v) is 11.2. The fourth-order valence-electron chi connectivity index (χ4n) is 5.94. The first-order valence-corrected chi connectivity index (χ1v) is 14.8. The molecule has 6 heteroatoms. The molecule has 0 bridgehead atoms. The fourth-order valence-corrected chi connectivity index (χ4v) is 5.94. The van der Waals surface area contributed by atoms with E-state index in [1.807, 2.05) is 36.5 Å². The molecule has 5 nitrogen and oxygen atoms in total.